The van der Waals surface area contributed by atoms with Gasteiger partial charge in [-0.15, -0.1) is 11.3 Å². The highest BCUT2D eigenvalue weighted by molar-refractivity contribution is 7.13. The average Bonchev–Trinajstić information content (AvgIpc) is 2.76. The van der Waals surface area contributed by atoms with Crippen molar-refractivity contribution < 1.29 is 9.90 Å². The zero-order chi connectivity index (χ0) is 13.0. The van der Waals surface area contributed by atoms with Crippen LogP contribution in [0.4, 0.5) is 5.13 Å². The van der Waals surface area contributed by atoms with Crippen LogP contribution in [0.25, 0.3) is 0 Å². The van der Waals surface area contributed by atoms with Crippen LogP contribution >= 0.6 is 11.3 Å². The molecule has 1 saturated heterocycles. The Morgan fingerprint density at radius 3 is 3.28 bits per heavy atom. The highest BCUT2D eigenvalue weighted by Crippen LogP contribution is 2.20. The molecule has 1 aromatic rings. The molecular formula is C12H19N3O2S. The zero-order valence-electron chi connectivity index (χ0n) is 10.6. The van der Waals surface area contributed by atoms with E-state index in [1.807, 2.05) is 5.38 Å². The molecule has 2 N–H and O–H groups in total. The van der Waals surface area contributed by atoms with Gasteiger partial charge in [0.15, 0.2) is 5.13 Å². The van der Waals surface area contributed by atoms with E-state index in [4.69, 9.17) is 0 Å². The first kappa shape index (κ1) is 13.5. The summed E-state index contributed by atoms with van der Waals surface area (Å²) in [5.74, 6) is 0.307. The predicted molar refractivity (Wildman–Crippen MR) is 71.5 cm³/mol. The molecule has 0 aliphatic carbocycles. The van der Waals surface area contributed by atoms with Gasteiger partial charge in [0.1, 0.15) is 0 Å². The number of carbonyl (C=O) groups excluding carboxylic acids is 1. The summed E-state index contributed by atoms with van der Waals surface area (Å²) in [6, 6.07) is 0. The van der Waals surface area contributed by atoms with Gasteiger partial charge in [-0.05, 0) is 25.3 Å². The molecule has 2 heterocycles. The van der Waals surface area contributed by atoms with Crippen molar-refractivity contribution in [3.05, 3.63) is 11.1 Å². The third-order valence-corrected chi connectivity index (χ3v) is 3.89. The summed E-state index contributed by atoms with van der Waals surface area (Å²) in [4.78, 5) is 17.6. The van der Waals surface area contributed by atoms with Crippen LogP contribution in [0.5, 0.6) is 0 Å². The number of likely N-dealkylation sites (tertiary alicyclic amines) is 1. The molecule has 1 aliphatic rings. The fraction of sp³-hybridized carbons (Fsp3) is 0.667. The number of aliphatic hydroxyl groups excluding tert-OH is 1. The van der Waals surface area contributed by atoms with Crippen LogP contribution in [0.15, 0.2) is 5.38 Å². The average molecular weight is 269 g/mol. The SMILES string of the molecule is CC(=O)Nc1nc(CN2CCCC(CO)C2)cs1. The third kappa shape index (κ3) is 3.76. The predicted octanol–water partition coefficient (Wildman–Crippen LogP) is 1.31. The largest absolute Gasteiger partial charge is 0.396 e. The van der Waals surface area contributed by atoms with Gasteiger partial charge in [0.05, 0.1) is 5.69 Å². The number of piperidine rings is 1. The number of thiazole rings is 1. The second kappa shape index (κ2) is 6.26. The van der Waals surface area contributed by atoms with E-state index < -0.39 is 0 Å². The number of nitrogens with one attached hydrogen (secondary N) is 1. The minimum atomic E-state index is -0.0887. The topological polar surface area (TPSA) is 65.5 Å². The van der Waals surface area contributed by atoms with Crippen molar-refractivity contribution in [1.82, 2.24) is 9.88 Å². The summed E-state index contributed by atoms with van der Waals surface area (Å²) >= 11 is 1.45. The molecule has 0 saturated carbocycles. The number of hydrogen-bond donors (Lipinski definition) is 2. The summed E-state index contributed by atoms with van der Waals surface area (Å²) in [6.07, 6.45) is 2.25. The van der Waals surface area contributed by atoms with Gasteiger partial charge in [-0.3, -0.25) is 9.69 Å². The lowest BCUT2D eigenvalue weighted by molar-refractivity contribution is -0.114. The molecule has 0 spiro atoms. The number of amides is 1. The standard InChI is InChI=1S/C12H19N3O2S/c1-9(17)13-12-14-11(8-18-12)6-15-4-2-3-10(5-15)7-16/h8,10,16H,2-7H2,1H3,(H,13,14,17). The Morgan fingerprint density at radius 2 is 2.56 bits per heavy atom. The van der Waals surface area contributed by atoms with Crippen LogP contribution in [0.2, 0.25) is 0 Å². The smallest absolute Gasteiger partial charge is 0.223 e. The Bertz CT molecular complexity index is 408. The van der Waals surface area contributed by atoms with Gasteiger partial charge >= 0.3 is 0 Å². The Balaban J connectivity index is 1.88. The van der Waals surface area contributed by atoms with Gasteiger partial charge in [0.25, 0.3) is 0 Å². The normalized spacial score (nSPS) is 20.9. The van der Waals surface area contributed by atoms with E-state index in [2.05, 4.69) is 15.2 Å². The minimum Gasteiger partial charge on any atom is -0.396 e. The molecule has 1 fully saturated rings. The summed E-state index contributed by atoms with van der Waals surface area (Å²) in [5.41, 5.74) is 0.988. The van der Waals surface area contributed by atoms with Crippen LogP contribution in [0.3, 0.4) is 0 Å². The van der Waals surface area contributed by atoms with Crippen LogP contribution in [0.1, 0.15) is 25.5 Å². The van der Waals surface area contributed by atoms with Gasteiger partial charge in [0, 0.05) is 32.0 Å². The Hall–Kier alpha value is -0.980. The van der Waals surface area contributed by atoms with E-state index in [0.717, 1.165) is 38.2 Å². The molecule has 6 heteroatoms. The number of anilines is 1. The van der Waals surface area contributed by atoms with Crippen molar-refractivity contribution in [2.24, 2.45) is 5.92 Å². The van der Waals surface area contributed by atoms with Gasteiger partial charge in [0.2, 0.25) is 5.91 Å². The van der Waals surface area contributed by atoms with E-state index in [1.54, 1.807) is 0 Å². The van der Waals surface area contributed by atoms with Crippen LogP contribution in [-0.2, 0) is 11.3 Å². The molecule has 1 aromatic heterocycles. The van der Waals surface area contributed by atoms with E-state index in [0.29, 0.717) is 11.0 Å². The van der Waals surface area contributed by atoms with E-state index >= 15 is 0 Å². The number of aromatic nitrogens is 1. The molecule has 1 amide bonds. The summed E-state index contributed by atoms with van der Waals surface area (Å²) in [6.45, 7) is 4.54. The van der Waals surface area contributed by atoms with Crippen LogP contribution in [-0.4, -0.2) is 40.6 Å². The van der Waals surface area contributed by atoms with Crippen molar-refractivity contribution in [3.63, 3.8) is 0 Å². The van der Waals surface area contributed by atoms with Crippen molar-refractivity contribution in [1.29, 1.82) is 0 Å². The van der Waals surface area contributed by atoms with Gasteiger partial charge in [-0.2, -0.15) is 0 Å². The van der Waals surface area contributed by atoms with Crippen molar-refractivity contribution in [3.8, 4) is 0 Å². The first-order valence-corrected chi connectivity index (χ1v) is 7.10. The molecule has 0 bridgehead atoms. The van der Waals surface area contributed by atoms with Crippen LogP contribution < -0.4 is 5.32 Å². The molecule has 0 aromatic carbocycles. The van der Waals surface area contributed by atoms with Gasteiger partial charge in [-0.25, -0.2) is 4.98 Å². The molecule has 1 atom stereocenters. The fourth-order valence-electron chi connectivity index (χ4n) is 2.26. The second-order valence-electron chi connectivity index (χ2n) is 4.75. The molecule has 18 heavy (non-hydrogen) atoms. The summed E-state index contributed by atoms with van der Waals surface area (Å²) in [7, 11) is 0. The number of nitrogens with zero attached hydrogens (tertiary/aromatic N) is 2. The number of hydrogen-bond acceptors (Lipinski definition) is 5. The van der Waals surface area contributed by atoms with Gasteiger partial charge < -0.3 is 10.4 Å². The Morgan fingerprint density at radius 1 is 1.72 bits per heavy atom. The maximum atomic E-state index is 10.9. The molecule has 1 aliphatic heterocycles. The quantitative estimate of drug-likeness (QED) is 0.865. The first-order chi connectivity index (χ1) is 8.67. The lowest BCUT2D eigenvalue weighted by Gasteiger charge is -2.31. The molecule has 1 unspecified atom stereocenters. The maximum absolute atomic E-state index is 10.9. The van der Waals surface area contributed by atoms with Crippen LogP contribution in [0, 0.1) is 5.92 Å². The molecule has 100 valence electrons. The second-order valence-corrected chi connectivity index (χ2v) is 5.61. The highest BCUT2D eigenvalue weighted by Gasteiger charge is 2.19. The molecule has 5 nitrogen and oxygen atoms in total. The van der Waals surface area contributed by atoms with Gasteiger partial charge in [-0.1, -0.05) is 0 Å². The highest BCUT2D eigenvalue weighted by atomic mass is 32.1. The number of aliphatic hydroxyl groups is 1. The minimum absolute atomic E-state index is 0.0887. The monoisotopic (exact) mass is 269 g/mol. The third-order valence-electron chi connectivity index (χ3n) is 3.08. The lowest BCUT2D eigenvalue weighted by Crippen LogP contribution is -2.36. The lowest BCUT2D eigenvalue weighted by atomic mass is 9.99. The van der Waals surface area contributed by atoms with E-state index in [-0.39, 0.29) is 12.5 Å². The maximum Gasteiger partial charge on any atom is 0.223 e. The Labute approximate surface area is 111 Å². The summed E-state index contributed by atoms with van der Waals surface area (Å²) < 4.78 is 0. The Kier molecular flexibility index (Phi) is 4.68. The first-order valence-electron chi connectivity index (χ1n) is 6.22. The number of rotatable bonds is 4. The van der Waals surface area contributed by atoms with E-state index in [1.165, 1.54) is 18.3 Å². The molecule has 2 rings (SSSR count). The van der Waals surface area contributed by atoms with Crippen molar-refractivity contribution in [2.75, 3.05) is 25.0 Å². The summed E-state index contributed by atoms with van der Waals surface area (Å²) in [5, 5.41) is 14.5. The fourth-order valence-corrected chi connectivity index (χ4v) is 3.01. The zero-order valence-corrected chi connectivity index (χ0v) is 11.4. The van der Waals surface area contributed by atoms with E-state index in [9.17, 15) is 9.90 Å². The van der Waals surface area contributed by atoms with Crippen molar-refractivity contribution in [2.45, 2.75) is 26.3 Å². The molecular weight excluding hydrogens is 250 g/mol. The molecule has 0 radical (unpaired) electrons. The van der Waals surface area contributed by atoms with Crippen molar-refractivity contribution >= 4 is 22.4 Å². The number of carbonyl (C=O) groups is 1.